The molecule has 2 saturated heterocycles. The Kier molecular flexibility index (Phi) is 6.33. The van der Waals surface area contributed by atoms with Gasteiger partial charge in [0.15, 0.2) is 0 Å². The average molecular weight is 364 g/mol. The van der Waals surface area contributed by atoms with Crippen LogP contribution in [0.25, 0.3) is 0 Å². The van der Waals surface area contributed by atoms with E-state index in [-0.39, 0.29) is 29.5 Å². The number of sulfonamides is 1. The van der Waals surface area contributed by atoms with Crippen molar-refractivity contribution >= 4 is 33.7 Å². The maximum absolute atomic E-state index is 12.6. The van der Waals surface area contributed by atoms with E-state index in [1.807, 2.05) is 0 Å². The van der Waals surface area contributed by atoms with Gasteiger partial charge >= 0.3 is 5.97 Å². The van der Waals surface area contributed by atoms with Crippen LogP contribution in [0.5, 0.6) is 0 Å². The summed E-state index contributed by atoms with van der Waals surface area (Å²) in [6, 6.07) is -0.192. The molecule has 0 spiro atoms. The van der Waals surface area contributed by atoms with Crippen molar-refractivity contribution in [3.63, 3.8) is 0 Å². The molecule has 2 rings (SSSR count). The molecule has 1 amide bonds. The van der Waals surface area contributed by atoms with Gasteiger partial charge in [-0.15, -0.1) is 11.8 Å². The molecule has 0 aromatic carbocycles. The number of thioether (sulfide) groups is 1. The molecule has 0 bridgehead atoms. The largest absolute Gasteiger partial charge is 0.480 e. The Morgan fingerprint density at radius 2 is 1.91 bits per heavy atom. The van der Waals surface area contributed by atoms with Crippen molar-refractivity contribution in [1.29, 1.82) is 0 Å². The van der Waals surface area contributed by atoms with Gasteiger partial charge in [0.2, 0.25) is 15.9 Å². The number of aliphatic carboxylic acids is 1. The summed E-state index contributed by atoms with van der Waals surface area (Å²) in [4.78, 5) is 25.2. The fourth-order valence-corrected chi connectivity index (χ4v) is 5.47. The van der Waals surface area contributed by atoms with Gasteiger partial charge in [-0.2, -0.15) is 0 Å². The van der Waals surface area contributed by atoms with E-state index in [9.17, 15) is 18.0 Å². The molecule has 0 saturated carbocycles. The van der Waals surface area contributed by atoms with Crippen molar-refractivity contribution in [2.45, 2.75) is 43.9 Å². The van der Waals surface area contributed by atoms with Gasteiger partial charge in [0.25, 0.3) is 0 Å². The van der Waals surface area contributed by atoms with Gasteiger partial charge in [0.1, 0.15) is 6.54 Å². The summed E-state index contributed by atoms with van der Waals surface area (Å²) in [6.45, 7) is 2.00. The van der Waals surface area contributed by atoms with Gasteiger partial charge in [0, 0.05) is 19.1 Å². The lowest BCUT2D eigenvalue weighted by molar-refractivity contribution is -0.146. The highest BCUT2D eigenvalue weighted by Gasteiger charge is 2.36. The maximum Gasteiger partial charge on any atom is 0.323 e. The van der Waals surface area contributed by atoms with Crippen molar-refractivity contribution in [1.82, 2.24) is 9.21 Å². The number of piperidine rings is 1. The maximum atomic E-state index is 12.6. The van der Waals surface area contributed by atoms with E-state index in [4.69, 9.17) is 5.11 Å². The van der Waals surface area contributed by atoms with Gasteiger partial charge in [-0.1, -0.05) is 0 Å². The molecule has 1 atom stereocenters. The molecule has 2 aliphatic heterocycles. The highest BCUT2D eigenvalue weighted by atomic mass is 32.2. The molecule has 0 radical (unpaired) electrons. The second kappa shape index (κ2) is 7.85. The molecular formula is C14H24N2O5S2. The Bertz CT molecular complexity index is 537. The average Bonchev–Trinajstić information content (AvgIpc) is 3.06. The molecule has 132 valence electrons. The van der Waals surface area contributed by atoms with Crippen molar-refractivity contribution in [2.24, 2.45) is 0 Å². The fourth-order valence-electron chi connectivity index (χ4n) is 3.10. The topological polar surface area (TPSA) is 95.0 Å². The Morgan fingerprint density at radius 3 is 2.39 bits per heavy atom. The normalized spacial score (nSPS) is 23.8. The number of amides is 1. The lowest BCUT2D eigenvalue weighted by Crippen LogP contribution is -2.52. The van der Waals surface area contributed by atoms with Gasteiger partial charge in [-0.25, -0.2) is 12.7 Å². The van der Waals surface area contributed by atoms with Crippen molar-refractivity contribution in [3.8, 4) is 0 Å². The Labute approximate surface area is 141 Å². The van der Waals surface area contributed by atoms with E-state index in [1.54, 1.807) is 18.7 Å². The second-order valence-corrected chi connectivity index (χ2v) is 9.46. The smallest absolute Gasteiger partial charge is 0.323 e. The summed E-state index contributed by atoms with van der Waals surface area (Å²) in [5, 5.41) is 8.97. The summed E-state index contributed by atoms with van der Waals surface area (Å²) in [5.41, 5.74) is 0. The zero-order valence-corrected chi connectivity index (χ0v) is 14.9. The van der Waals surface area contributed by atoms with E-state index in [0.29, 0.717) is 25.9 Å². The van der Waals surface area contributed by atoms with Crippen LogP contribution in [0.15, 0.2) is 0 Å². The number of carbonyl (C=O) groups is 2. The minimum absolute atomic E-state index is 0.0636. The van der Waals surface area contributed by atoms with Crippen LogP contribution in [-0.2, 0) is 19.6 Å². The standard InChI is InChI=1S/C14H24N2O5S2/c1-2-23(20,21)15-7-5-11(6-8-15)16(10-13(17)18)14(19)12-4-3-9-22-12/h11-12H,2-10H2,1H3,(H,17,18). The van der Waals surface area contributed by atoms with Crippen LogP contribution in [0.3, 0.4) is 0 Å². The molecule has 0 aliphatic carbocycles. The van der Waals surface area contributed by atoms with E-state index >= 15 is 0 Å². The molecule has 0 aromatic heterocycles. The molecule has 0 aromatic rings. The monoisotopic (exact) mass is 364 g/mol. The van der Waals surface area contributed by atoms with Crippen molar-refractivity contribution < 1.29 is 23.1 Å². The van der Waals surface area contributed by atoms with Crippen LogP contribution in [0.4, 0.5) is 0 Å². The number of carboxylic acid groups (broad SMARTS) is 1. The molecular weight excluding hydrogens is 340 g/mol. The van der Waals surface area contributed by atoms with Crippen LogP contribution in [0.1, 0.15) is 32.6 Å². The summed E-state index contributed by atoms with van der Waals surface area (Å²) in [5.74, 6) is -0.129. The van der Waals surface area contributed by atoms with Crippen LogP contribution < -0.4 is 0 Å². The fraction of sp³-hybridized carbons (Fsp3) is 0.857. The first-order valence-corrected chi connectivity index (χ1v) is 10.6. The van der Waals surface area contributed by atoms with E-state index < -0.39 is 16.0 Å². The quantitative estimate of drug-likeness (QED) is 0.742. The molecule has 9 heteroatoms. The van der Waals surface area contributed by atoms with Crippen LogP contribution in [0.2, 0.25) is 0 Å². The number of nitrogens with zero attached hydrogens (tertiary/aromatic N) is 2. The number of rotatable bonds is 6. The van der Waals surface area contributed by atoms with Crippen LogP contribution in [0, 0.1) is 0 Å². The molecule has 2 fully saturated rings. The first-order valence-electron chi connectivity index (χ1n) is 7.97. The number of carboxylic acids is 1. The molecule has 7 nitrogen and oxygen atoms in total. The highest BCUT2D eigenvalue weighted by Crippen LogP contribution is 2.29. The Balaban J connectivity index is 2.03. The van der Waals surface area contributed by atoms with Crippen molar-refractivity contribution in [3.05, 3.63) is 0 Å². The molecule has 1 unspecified atom stereocenters. The van der Waals surface area contributed by atoms with E-state index in [2.05, 4.69) is 0 Å². The summed E-state index contributed by atoms with van der Waals surface area (Å²) >= 11 is 1.59. The van der Waals surface area contributed by atoms with Crippen LogP contribution >= 0.6 is 11.8 Å². The van der Waals surface area contributed by atoms with Gasteiger partial charge in [-0.05, 0) is 38.4 Å². The van der Waals surface area contributed by atoms with Gasteiger partial charge < -0.3 is 10.0 Å². The molecule has 2 aliphatic rings. The lowest BCUT2D eigenvalue weighted by atomic mass is 10.0. The SMILES string of the molecule is CCS(=O)(=O)N1CCC(N(CC(=O)O)C(=O)C2CCCS2)CC1. The molecule has 1 N–H and O–H groups in total. The predicted molar refractivity (Wildman–Crippen MR) is 88.9 cm³/mol. The Morgan fingerprint density at radius 1 is 1.26 bits per heavy atom. The minimum Gasteiger partial charge on any atom is -0.480 e. The van der Waals surface area contributed by atoms with E-state index in [0.717, 1.165) is 18.6 Å². The minimum atomic E-state index is -3.22. The zero-order valence-electron chi connectivity index (χ0n) is 13.3. The number of carbonyl (C=O) groups excluding carboxylic acids is 1. The third-order valence-electron chi connectivity index (χ3n) is 4.42. The van der Waals surface area contributed by atoms with E-state index in [1.165, 1.54) is 9.21 Å². The zero-order chi connectivity index (χ0) is 17.0. The first-order chi connectivity index (χ1) is 10.8. The Hall–Kier alpha value is -0.800. The van der Waals surface area contributed by atoms with Crippen molar-refractivity contribution in [2.75, 3.05) is 31.1 Å². The summed E-state index contributed by atoms with van der Waals surface area (Å²) < 4.78 is 25.2. The van der Waals surface area contributed by atoms with Gasteiger partial charge in [-0.3, -0.25) is 9.59 Å². The van der Waals surface area contributed by atoms with Crippen LogP contribution in [-0.4, -0.2) is 77.0 Å². The summed E-state index contributed by atoms with van der Waals surface area (Å²) in [7, 11) is -3.22. The predicted octanol–water partition coefficient (Wildman–Crippen LogP) is 0.609. The number of hydrogen-bond acceptors (Lipinski definition) is 5. The molecule has 2 heterocycles. The van der Waals surface area contributed by atoms with Gasteiger partial charge in [0.05, 0.1) is 11.0 Å². The molecule has 23 heavy (non-hydrogen) atoms. The first kappa shape index (κ1) is 18.5. The lowest BCUT2D eigenvalue weighted by Gasteiger charge is -2.38. The second-order valence-electron chi connectivity index (χ2n) is 5.89. The summed E-state index contributed by atoms with van der Waals surface area (Å²) in [6.07, 6.45) is 2.77. The third-order valence-corrected chi connectivity index (χ3v) is 7.66. The number of hydrogen-bond donors (Lipinski definition) is 1. The highest BCUT2D eigenvalue weighted by molar-refractivity contribution is 8.00. The third kappa shape index (κ3) is 4.60.